The molecule has 120 valence electrons. The monoisotopic (exact) mass is 321 g/mol. The van der Waals surface area contributed by atoms with Crippen molar-refractivity contribution < 1.29 is 19.1 Å². The van der Waals surface area contributed by atoms with E-state index in [4.69, 9.17) is 9.47 Å². The van der Waals surface area contributed by atoms with Gasteiger partial charge in [-0.15, -0.1) is 0 Å². The largest absolute Gasteiger partial charge is 0.493 e. The SMILES string of the molecule is CN1C(=O)C2(COc3cc4c(cc32)CCO4)c2c(C=O)cccc21. The fourth-order valence-electron chi connectivity index (χ4n) is 4.21. The van der Waals surface area contributed by atoms with E-state index in [9.17, 15) is 9.59 Å². The van der Waals surface area contributed by atoms with Gasteiger partial charge in [-0.05, 0) is 17.7 Å². The van der Waals surface area contributed by atoms with Gasteiger partial charge in [0, 0.05) is 41.9 Å². The third kappa shape index (κ3) is 1.40. The van der Waals surface area contributed by atoms with Crippen LogP contribution in [0.4, 0.5) is 5.69 Å². The van der Waals surface area contributed by atoms with E-state index in [0.717, 1.165) is 40.8 Å². The van der Waals surface area contributed by atoms with Crippen LogP contribution in [0.2, 0.25) is 0 Å². The second-order valence-electron chi connectivity index (χ2n) is 6.47. The molecular weight excluding hydrogens is 306 g/mol. The Balaban J connectivity index is 1.84. The summed E-state index contributed by atoms with van der Waals surface area (Å²) in [4.78, 5) is 26.5. The van der Waals surface area contributed by atoms with Crippen LogP contribution in [0.25, 0.3) is 0 Å². The van der Waals surface area contributed by atoms with E-state index >= 15 is 0 Å². The van der Waals surface area contributed by atoms with Gasteiger partial charge in [0.05, 0.1) is 6.61 Å². The first-order chi connectivity index (χ1) is 11.7. The van der Waals surface area contributed by atoms with Gasteiger partial charge in [-0.3, -0.25) is 9.59 Å². The normalized spacial score (nSPS) is 22.9. The average molecular weight is 321 g/mol. The molecule has 0 bridgehead atoms. The van der Waals surface area contributed by atoms with E-state index < -0.39 is 5.41 Å². The minimum atomic E-state index is -0.936. The molecule has 3 aliphatic heterocycles. The first kappa shape index (κ1) is 13.6. The first-order valence-corrected chi connectivity index (χ1v) is 7.96. The van der Waals surface area contributed by atoms with Gasteiger partial charge in [0.25, 0.3) is 0 Å². The zero-order valence-electron chi connectivity index (χ0n) is 13.2. The molecule has 0 saturated carbocycles. The number of anilines is 1. The molecule has 3 heterocycles. The molecule has 5 nitrogen and oxygen atoms in total. The second kappa shape index (κ2) is 4.38. The van der Waals surface area contributed by atoms with E-state index in [1.54, 1.807) is 24.1 Å². The Hall–Kier alpha value is -2.82. The number of benzene rings is 2. The molecule has 0 radical (unpaired) electrons. The predicted molar refractivity (Wildman–Crippen MR) is 87.2 cm³/mol. The summed E-state index contributed by atoms with van der Waals surface area (Å²) >= 11 is 0. The summed E-state index contributed by atoms with van der Waals surface area (Å²) in [6.07, 6.45) is 1.65. The van der Waals surface area contributed by atoms with Crippen LogP contribution >= 0.6 is 0 Å². The van der Waals surface area contributed by atoms with Crippen molar-refractivity contribution in [1.29, 1.82) is 0 Å². The summed E-state index contributed by atoms with van der Waals surface area (Å²) in [5, 5.41) is 0. The van der Waals surface area contributed by atoms with Crippen molar-refractivity contribution >= 4 is 17.9 Å². The zero-order chi connectivity index (χ0) is 16.5. The summed E-state index contributed by atoms with van der Waals surface area (Å²) in [7, 11) is 1.75. The van der Waals surface area contributed by atoms with Crippen LogP contribution < -0.4 is 14.4 Å². The van der Waals surface area contributed by atoms with Gasteiger partial charge in [-0.2, -0.15) is 0 Å². The number of aldehydes is 1. The Labute approximate surface area is 138 Å². The molecule has 0 aliphatic carbocycles. The van der Waals surface area contributed by atoms with E-state index in [1.807, 2.05) is 18.2 Å². The molecule has 3 aliphatic rings. The lowest BCUT2D eigenvalue weighted by molar-refractivity contribution is -0.121. The molecule has 0 saturated heterocycles. The van der Waals surface area contributed by atoms with Gasteiger partial charge in [0.15, 0.2) is 0 Å². The van der Waals surface area contributed by atoms with E-state index in [-0.39, 0.29) is 12.5 Å². The highest BCUT2D eigenvalue weighted by Crippen LogP contribution is 2.54. The van der Waals surface area contributed by atoms with Crippen molar-refractivity contribution in [2.45, 2.75) is 11.8 Å². The van der Waals surface area contributed by atoms with Crippen molar-refractivity contribution in [3.8, 4) is 11.5 Å². The number of carbonyl (C=O) groups is 2. The molecule has 5 rings (SSSR count). The Bertz CT molecular complexity index is 920. The minimum absolute atomic E-state index is 0.0515. The van der Waals surface area contributed by atoms with Gasteiger partial charge >= 0.3 is 0 Å². The maximum atomic E-state index is 13.2. The first-order valence-electron chi connectivity index (χ1n) is 7.96. The van der Waals surface area contributed by atoms with Crippen LogP contribution in [0.15, 0.2) is 30.3 Å². The average Bonchev–Trinajstić information content (AvgIpc) is 3.27. The number of hydrogen-bond donors (Lipinski definition) is 0. The highest BCUT2D eigenvalue weighted by molar-refractivity contribution is 6.13. The summed E-state index contributed by atoms with van der Waals surface area (Å²) in [5.41, 5.74) is 3.07. The Morgan fingerprint density at radius 2 is 2.08 bits per heavy atom. The topological polar surface area (TPSA) is 55.8 Å². The van der Waals surface area contributed by atoms with Gasteiger partial charge in [-0.1, -0.05) is 12.1 Å². The highest BCUT2D eigenvalue weighted by Gasteiger charge is 2.57. The number of carbonyl (C=O) groups excluding carboxylic acids is 2. The molecule has 5 heteroatoms. The predicted octanol–water partition coefficient (Wildman–Crippen LogP) is 2.09. The second-order valence-corrected chi connectivity index (χ2v) is 6.47. The van der Waals surface area contributed by atoms with Crippen molar-refractivity contribution in [3.05, 3.63) is 52.6 Å². The van der Waals surface area contributed by atoms with E-state index in [1.165, 1.54) is 0 Å². The standard InChI is InChI=1S/C19H15NO4/c1-20-14-4-2-3-12(9-21)17(14)19(18(20)22)10-24-16-8-15-11(5-6-23-15)7-13(16)19/h2-4,7-9H,5-6,10H2,1H3. The fraction of sp³-hybridized carbons (Fsp3) is 0.263. The quantitative estimate of drug-likeness (QED) is 0.755. The lowest BCUT2D eigenvalue weighted by Gasteiger charge is -2.22. The zero-order valence-corrected chi connectivity index (χ0v) is 13.2. The number of ether oxygens (including phenoxy) is 2. The molecular formula is C19H15NO4. The molecule has 0 fully saturated rings. The van der Waals surface area contributed by atoms with Crippen LogP contribution in [0.3, 0.4) is 0 Å². The molecule has 24 heavy (non-hydrogen) atoms. The molecule has 1 unspecified atom stereocenters. The molecule has 0 aromatic heterocycles. The fourth-order valence-corrected chi connectivity index (χ4v) is 4.21. The Kier molecular flexibility index (Phi) is 2.48. The molecule has 1 atom stereocenters. The van der Waals surface area contributed by atoms with Crippen LogP contribution in [-0.4, -0.2) is 32.5 Å². The van der Waals surface area contributed by atoms with Gasteiger partial charge in [0.1, 0.15) is 29.8 Å². The lowest BCUT2D eigenvalue weighted by Crippen LogP contribution is -2.41. The highest BCUT2D eigenvalue weighted by atomic mass is 16.5. The Morgan fingerprint density at radius 3 is 2.92 bits per heavy atom. The summed E-state index contributed by atoms with van der Waals surface area (Å²) in [6.45, 7) is 0.863. The number of hydrogen-bond acceptors (Lipinski definition) is 4. The molecule has 2 aromatic rings. The van der Waals surface area contributed by atoms with Gasteiger partial charge in [-0.25, -0.2) is 0 Å². The number of amides is 1. The third-order valence-electron chi connectivity index (χ3n) is 5.36. The summed E-state index contributed by atoms with van der Waals surface area (Å²) < 4.78 is 11.5. The third-order valence-corrected chi connectivity index (χ3v) is 5.36. The maximum absolute atomic E-state index is 13.2. The number of nitrogens with zero attached hydrogens (tertiary/aromatic N) is 1. The molecule has 1 amide bonds. The summed E-state index contributed by atoms with van der Waals surface area (Å²) in [6, 6.07) is 9.34. The molecule has 1 spiro atoms. The van der Waals surface area contributed by atoms with Gasteiger partial charge < -0.3 is 14.4 Å². The van der Waals surface area contributed by atoms with Crippen molar-refractivity contribution in [2.75, 3.05) is 25.2 Å². The number of fused-ring (bicyclic) bond motifs is 5. The molecule has 2 aromatic carbocycles. The van der Waals surface area contributed by atoms with Crippen molar-refractivity contribution in [3.63, 3.8) is 0 Å². The van der Waals surface area contributed by atoms with Crippen LogP contribution in [0, 0.1) is 0 Å². The Morgan fingerprint density at radius 1 is 1.21 bits per heavy atom. The van der Waals surface area contributed by atoms with Crippen LogP contribution in [-0.2, 0) is 16.6 Å². The van der Waals surface area contributed by atoms with Crippen molar-refractivity contribution in [2.24, 2.45) is 0 Å². The number of rotatable bonds is 1. The van der Waals surface area contributed by atoms with Crippen LogP contribution in [0.5, 0.6) is 11.5 Å². The van der Waals surface area contributed by atoms with Gasteiger partial charge in [0.2, 0.25) is 5.91 Å². The minimum Gasteiger partial charge on any atom is -0.493 e. The van der Waals surface area contributed by atoms with Crippen LogP contribution in [0.1, 0.15) is 27.0 Å². The summed E-state index contributed by atoms with van der Waals surface area (Å²) in [5.74, 6) is 1.45. The van der Waals surface area contributed by atoms with E-state index in [0.29, 0.717) is 17.9 Å². The van der Waals surface area contributed by atoms with E-state index in [2.05, 4.69) is 0 Å². The smallest absolute Gasteiger partial charge is 0.245 e. The number of likely N-dealkylation sites (N-methyl/N-ethyl adjacent to an activating group) is 1. The maximum Gasteiger partial charge on any atom is 0.245 e. The lowest BCUT2D eigenvalue weighted by atomic mass is 9.75. The van der Waals surface area contributed by atoms with Crippen molar-refractivity contribution in [1.82, 2.24) is 0 Å². The molecule has 0 N–H and O–H groups in total.